The number of nitrogens with one attached hydrogen (secondary N) is 1. The van der Waals surface area contributed by atoms with Crippen molar-refractivity contribution in [2.75, 3.05) is 12.4 Å². The van der Waals surface area contributed by atoms with Crippen LogP contribution >= 0.6 is 11.6 Å². The Balaban J connectivity index is 1.91. The summed E-state index contributed by atoms with van der Waals surface area (Å²) in [6, 6.07) is 3.60. The van der Waals surface area contributed by atoms with Crippen LogP contribution in [0.3, 0.4) is 0 Å². The first-order chi connectivity index (χ1) is 8.72. The molecule has 1 saturated carbocycles. The highest BCUT2D eigenvalue weighted by Crippen LogP contribution is 2.31. The fourth-order valence-corrected chi connectivity index (χ4v) is 3.04. The number of carbonyl (C=O) groups is 1. The first-order valence-electron chi connectivity index (χ1n) is 6.48. The maximum atomic E-state index is 12.0. The number of aromatic nitrogens is 1. The summed E-state index contributed by atoms with van der Waals surface area (Å²) in [5, 5.41) is 3.01. The second kappa shape index (κ2) is 6.19. The monoisotopic (exact) mass is 266 g/mol. The molecule has 2 rings (SSSR count). The number of rotatable bonds is 4. The van der Waals surface area contributed by atoms with Crippen LogP contribution in [0.1, 0.15) is 35.3 Å². The number of hydrogen-bond donors (Lipinski definition) is 1. The van der Waals surface area contributed by atoms with Crippen molar-refractivity contribution in [2.24, 2.45) is 11.8 Å². The fraction of sp³-hybridized carbons (Fsp3) is 0.571. The van der Waals surface area contributed by atoms with Crippen LogP contribution in [-0.2, 0) is 0 Å². The quantitative estimate of drug-likeness (QED) is 0.852. The number of pyridine rings is 1. The smallest absolute Gasteiger partial charge is 0.253 e. The van der Waals surface area contributed by atoms with Crippen LogP contribution in [0.4, 0.5) is 0 Å². The van der Waals surface area contributed by atoms with Crippen molar-refractivity contribution < 1.29 is 4.79 Å². The molecule has 1 aromatic heterocycles. The van der Waals surface area contributed by atoms with E-state index in [0.29, 0.717) is 23.3 Å². The number of aryl methyl sites for hydroxylation is 1. The Hall–Kier alpha value is -1.09. The zero-order chi connectivity index (χ0) is 13.0. The molecular weight excluding hydrogens is 248 g/mol. The molecule has 0 aromatic carbocycles. The lowest BCUT2D eigenvalue weighted by Crippen LogP contribution is -2.31. The Bertz CT molecular complexity index is 422. The second-order valence-electron chi connectivity index (χ2n) is 4.95. The lowest BCUT2D eigenvalue weighted by molar-refractivity contribution is 0.0943. The number of hydrogen-bond acceptors (Lipinski definition) is 2. The Morgan fingerprint density at radius 3 is 3.00 bits per heavy atom. The first-order valence-corrected chi connectivity index (χ1v) is 7.01. The standard InChI is InChI=1S/C14H19ClN2O/c1-10-13(6-3-7-16-10)14(18)17-9-12-5-2-4-11(12)8-15/h3,6-7,11-12H,2,4-5,8-9H2,1H3,(H,17,18). The average Bonchev–Trinajstić information content (AvgIpc) is 2.84. The van der Waals surface area contributed by atoms with E-state index in [1.54, 1.807) is 12.3 Å². The van der Waals surface area contributed by atoms with E-state index in [2.05, 4.69) is 10.3 Å². The Morgan fingerprint density at radius 1 is 1.50 bits per heavy atom. The number of amides is 1. The van der Waals surface area contributed by atoms with E-state index >= 15 is 0 Å². The number of nitrogens with zero attached hydrogens (tertiary/aromatic N) is 1. The predicted octanol–water partition coefficient (Wildman–Crippen LogP) is 2.77. The maximum absolute atomic E-state index is 12.0. The number of alkyl halides is 1. The minimum atomic E-state index is -0.0270. The number of carbonyl (C=O) groups excluding carboxylic acids is 1. The van der Waals surface area contributed by atoms with Gasteiger partial charge in [-0.3, -0.25) is 9.78 Å². The summed E-state index contributed by atoms with van der Waals surface area (Å²) in [6.45, 7) is 2.58. The fourth-order valence-electron chi connectivity index (χ4n) is 2.63. The van der Waals surface area contributed by atoms with Gasteiger partial charge in [0.1, 0.15) is 0 Å². The van der Waals surface area contributed by atoms with Gasteiger partial charge in [-0.15, -0.1) is 11.6 Å². The molecule has 0 radical (unpaired) electrons. The predicted molar refractivity (Wildman–Crippen MR) is 72.9 cm³/mol. The molecule has 1 aromatic rings. The Labute approximate surface area is 113 Å². The van der Waals surface area contributed by atoms with Gasteiger partial charge in [0.25, 0.3) is 5.91 Å². The van der Waals surface area contributed by atoms with E-state index < -0.39 is 0 Å². The van der Waals surface area contributed by atoms with Crippen LogP contribution in [0.5, 0.6) is 0 Å². The van der Waals surface area contributed by atoms with Crippen molar-refractivity contribution in [3.63, 3.8) is 0 Å². The molecule has 18 heavy (non-hydrogen) atoms. The Kier molecular flexibility index (Phi) is 4.59. The molecule has 0 aliphatic heterocycles. The zero-order valence-electron chi connectivity index (χ0n) is 10.7. The molecule has 1 amide bonds. The van der Waals surface area contributed by atoms with Crippen LogP contribution < -0.4 is 5.32 Å². The van der Waals surface area contributed by atoms with Gasteiger partial charge in [0.15, 0.2) is 0 Å². The van der Waals surface area contributed by atoms with Crippen LogP contribution in [-0.4, -0.2) is 23.3 Å². The van der Waals surface area contributed by atoms with Crippen LogP contribution in [0.25, 0.3) is 0 Å². The average molecular weight is 267 g/mol. The molecule has 0 saturated heterocycles. The van der Waals surface area contributed by atoms with Gasteiger partial charge in [0.2, 0.25) is 0 Å². The highest BCUT2D eigenvalue weighted by atomic mass is 35.5. The van der Waals surface area contributed by atoms with E-state index in [1.807, 2.05) is 13.0 Å². The van der Waals surface area contributed by atoms with Crippen molar-refractivity contribution in [1.82, 2.24) is 10.3 Å². The summed E-state index contributed by atoms with van der Waals surface area (Å²) < 4.78 is 0. The summed E-state index contributed by atoms with van der Waals surface area (Å²) in [7, 11) is 0. The second-order valence-corrected chi connectivity index (χ2v) is 5.26. The molecule has 0 spiro atoms. The molecule has 1 heterocycles. The van der Waals surface area contributed by atoms with Gasteiger partial charge in [-0.1, -0.05) is 6.42 Å². The van der Waals surface area contributed by atoms with Crippen LogP contribution in [0, 0.1) is 18.8 Å². The highest BCUT2D eigenvalue weighted by molar-refractivity contribution is 6.18. The summed E-state index contributed by atoms with van der Waals surface area (Å²) >= 11 is 5.94. The zero-order valence-corrected chi connectivity index (χ0v) is 11.4. The van der Waals surface area contributed by atoms with Gasteiger partial charge in [-0.2, -0.15) is 0 Å². The van der Waals surface area contributed by atoms with Gasteiger partial charge >= 0.3 is 0 Å². The SMILES string of the molecule is Cc1ncccc1C(=O)NCC1CCCC1CCl. The molecule has 98 valence electrons. The van der Waals surface area contributed by atoms with E-state index in [1.165, 1.54) is 19.3 Å². The topological polar surface area (TPSA) is 42.0 Å². The lowest BCUT2D eigenvalue weighted by Gasteiger charge is -2.17. The van der Waals surface area contributed by atoms with Crippen molar-refractivity contribution in [3.05, 3.63) is 29.6 Å². The summed E-state index contributed by atoms with van der Waals surface area (Å²) in [4.78, 5) is 16.2. The summed E-state index contributed by atoms with van der Waals surface area (Å²) in [5.74, 6) is 1.76. The Morgan fingerprint density at radius 2 is 2.28 bits per heavy atom. The lowest BCUT2D eigenvalue weighted by atomic mass is 9.98. The van der Waals surface area contributed by atoms with Gasteiger partial charge in [-0.05, 0) is 43.7 Å². The largest absolute Gasteiger partial charge is 0.352 e. The molecule has 3 nitrogen and oxygen atoms in total. The molecule has 1 N–H and O–H groups in total. The maximum Gasteiger partial charge on any atom is 0.253 e. The molecule has 0 bridgehead atoms. The highest BCUT2D eigenvalue weighted by Gasteiger charge is 2.26. The van der Waals surface area contributed by atoms with Crippen LogP contribution in [0.2, 0.25) is 0 Å². The van der Waals surface area contributed by atoms with E-state index in [-0.39, 0.29) is 5.91 Å². The van der Waals surface area contributed by atoms with Gasteiger partial charge in [0.05, 0.1) is 5.56 Å². The molecule has 4 heteroatoms. The van der Waals surface area contributed by atoms with Gasteiger partial charge in [-0.25, -0.2) is 0 Å². The first kappa shape index (κ1) is 13.3. The summed E-state index contributed by atoms with van der Waals surface area (Å²) in [6.07, 6.45) is 5.29. The van der Waals surface area contributed by atoms with E-state index in [4.69, 9.17) is 11.6 Å². The van der Waals surface area contributed by atoms with Gasteiger partial charge < -0.3 is 5.32 Å². The van der Waals surface area contributed by atoms with Crippen molar-refractivity contribution in [2.45, 2.75) is 26.2 Å². The van der Waals surface area contributed by atoms with Gasteiger partial charge in [0, 0.05) is 24.3 Å². The molecule has 2 atom stereocenters. The summed E-state index contributed by atoms with van der Waals surface area (Å²) in [5.41, 5.74) is 1.44. The molecule has 1 fully saturated rings. The number of halogens is 1. The third-order valence-corrected chi connectivity index (χ3v) is 4.19. The van der Waals surface area contributed by atoms with E-state index in [9.17, 15) is 4.79 Å². The van der Waals surface area contributed by atoms with Crippen LogP contribution in [0.15, 0.2) is 18.3 Å². The molecule has 1 aliphatic carbocycles. The molecular formula is C14H19ClN2O. The van der Waals surface area contributed by atoms with Crippen molar-refractivity contribution in [1.29, 1.82) is 0 Å². The third kappa shape index (κ3) is 3.02. The normalized spacial score (nSPS) is 23.0. The van der Waals surface area contributed by atoms with Crippen molar-refractivity contribution in [3.8, 4) is 0 Å². The minimum absolute atomic E-state index is 0.0270. The minimum Gasteiger partial charge on any atom is -0.352 e. The molecule has 1 aliphatic rings. The van der Waals surface area contributed by atoms with Crippen molar-refractivity contribution >= 4 is 17.5 Å². The third-order valence-electron chi connectivity index (χ3n) is 3.79. The molecule has 2 unspecified atom stereocenters. The van der Waals surface area contributed by atoms with E-state index in [0.717, 1.165) is 12.2 Å².